The number of hydrogen-bond donors (Lipinski definition) is 2. The number of rotatable bonds is 5. The van der Waals surface area contributed by atoms with Crippen LogP contribution < -0.4 is 10.6 Å². The average Bonchev–Trinajstić information content (AvgIpc) is 2.65. The molecule has 2 N–H and O–H groups in total. The van der Waals surface area contributed by atoms with Gasteiger partial charge in [0.15, 0.2) is 5.69 Å². The van der Waals surface area contributed by atoms with Gasteiger partial charge in [-0.05, 0) is 60.9 Å². The second-order valence-corrected chi connectivity index (χ2v) is 5.99. The summed E-state index contributed by atoms with van der Waals surface area (Å²) in [5.74, 6) is -0.0401. The fourth-order valence-electron chi connectivity index (χ4n) is 2.42. The molecule has 0 atom stereocenters. The molecule has 5 nitrogen and oxygen atoms in total. The van der Waals surface area contributed by atoms with Gasteiger partial charge < -0.3 is 10.6 Å². The first-order valence-corrected chi connectivity index (χ1v) is 8.22. The number of carbonyl (C=O) groups excluding carboxylic acids is 1. The third kappa shape index (κ3) is 4.22. The third-order valence-electron chi connectivity index (χ3n) is 4.14. The van der Waals surface area contributed by atoms with Gasteiger partial charge in [0.1, 0.15) is 11.6 Å². The number of halogens is 1. The number of amides is 1. The lowest BCUT2D eigenvalue weighted by Gasteiger charge is -2.10. The van der Waals surface area contributed by atoms with Crippen molar-refractivity contribution in [2.75, 3.05) is 10.6 Å². The van der Waals surface area contributed by atoms with Gasteiger partial charge in [-0.15, -0.1) is 10.2 Å². The molecule has 3 aromatic rings. The van der Waals surface area contributed by atoms with E-state index in [4.69, 9.17) is 0 Å². The minimum atomic E-state index is -0.309. The summed E-state index contributed by atoms with van der Waals surface area (Å²) in [7, 11) is 0. The molecule has 2 aromatic carbocycles. The standard InChI is InChI=1S/C20H19FN4O/c1-13-4-3-5-17(14(13)2)23-20(26)18-10-11-19(25-24-18)22-12-15-6-8-16(21)9-7-15/h3-11H,12H2,1-2H3,(H,22,25)(H,23,26). The molecule has 1 aromatic heterocycles. The number of nitrogens with zero attached hydrogens (tertiary/aromatic N) is 2. The smallest absolute Gasteiger partial charge is 0.276 e. The Hall–Kier alpha value is -3.28. The zero-order valence-corrected chi connectivity index (χ0v) is 14.6. The summed E-state index contributed by atoms with van der Waals surface area (Å²) in [6.45, 7) is 4.44. The molecule has 0 saturated carbocycles. The van der Waals surface area contributed by atoms with Crippen LogP contribution in [0.4, 0.5) is 15.9 Å². The quantitative estimate of drug-likeness (QED) is 0.727. The molecule has 3 rings (SSSR count). The van der Waals surface area contributed by atoms with Crippen LogP contribution in [0.2, 0.25) is 0 Å². The van der Waals surface area contributed by atoms with Crippen molar-refractivity contribution in [3.63, 3.8) is 0 Å². The van der Waals surface area contributed by atoms with Crippen LogP contribution >= 0.6 is 0 Å². The second-order valence-electron chi connectivity index (χ2n) is 5.99. The van der Waals surface area contributed by atoms with Gasteiger partial charge in [0, 0.05) is 12.2 Å². The minimum absolute atomic E-state index is 0.234. The van der Waals surface area contributed by atoms with Crippen LogP contribution in [0.25, 0.3) is 0 Å². The van der Waals surface area contributed by atoms with Crippen molar-refractivity contribution >= 4 is 17.4 Å². The maximum Gasteiger partial charge on any atom is 0.276 e. The largest absolute Gasteiger partial charge is 0.365 e. The first-order valence-electron chi connectivity index (χ1n) is 8.22. The lowest BCUT2D eigenvalue weighted by molar-refractivity contribution is 0.102. The Kier molecular flexibility index (Phi) is 5.22. The van der Waals surface area contributed by atoms with Gasteiger partial charge in [0.25, 0.3) is 5.91 Å². The summed E-state index contributed by atoms with van der Waals surface area (Å²) < 4.78 is 12.9. The molecule has 0 aliphatic carbocycles. The summed E-state index contributed by atoms with van der Waals surface area (Å²) in [6.07, 6.45) is 0. The van der Waals surface area contributed by atoms with E-state index in [0.717, 1.165) is 22.4 Å². The topological polar surface area (TPSA) is 66.9 Å². The number of aromatic nitrogens is 2. The van der Waals surface area contributed by atoms with Crippen LogP contribution in [0.1, 0.15) is 27.2 Å². The Morgan fingerprint density at radius 3 is 2.46 bits per heavy atom. The van der Waals surface area contributed by atoms with Gasteiger partial charge >= 0.3 is 0 Å². The molecule has 0 aliphatic heterocycles. The van der Waals surface area contributed by atoms with Crippen LogP contribution in [0, 0.1) is 19.7 Å². The molecule has 0 radical (unpaired) electrons. The van der Waals surface area contributed by atoms with E-state index in [1.807, 2.05) is 32.0 Å². The van der Waals surface area contributed by atoms with Gasteiger partial charge in [-0.25, -0.2) is 4.39 Å². The van der Waals surface area contributed by atoms with Crippen LogP contribution in [0.5, 0.6) is 0 Å². The van der Waals surface area contributed by atoms with E-state index in [1.165, 1.54) is 12.1 Å². The van der Waals surface area contributed by atoms with E-state index in [0.29, 0.717) is 12.4 Å². The van der Waals surface area contributed by atoms with E-state index >= 15 is 0 Å². The first-order chi connectivity index (χ1) is 12.5. The molecule has 1 amide bonds. The molecule has 0 bridgehead atoms. The maximum atomic E-state index is 12.9. The van der Waals surface area contributed by atoms with Crippen molar-refractivity contribution in [2.45, 2.75) is 20.4 Å². The van der Waals surface area contributed by atoms with Crippen LogP contribution in [-0.2, 0) is 6.54 Å². The Morgan fingerprint density at radius 1 is 1.00 bits per heavy atom. The zero-order valence-electron chi connectivity index (χ0n) is 14.6. The van der Waals surface area contributed by atoms with E-state index < -0.39 is 0 Å². The molecular formula is C20H19FN4O. The lowest BCUT2D eigenvalue weighted by atomic mass is 10.1. The summed E-state index contributed by atoms with van der Waals surface area (Å²) >= 11 is 0. The third-order valence-corrected chi connectivity index (χ3v) is 4.14. The Labute approximate surface area is 151 Å². The second kappa shape index (κ2) is 7.74. The minimum Gasteiger partial charge on any atom is -0.365 e. The molecule has 0 fully saturated rings. The number of hydrogen-bond acceptors (Lipinski definition) is 4. The Morgan fingerprint density at radius 2 is 1.77 bits per heavy atom. The number of benzene rings is 2. The SMILES string of the molecule is Cc1cccc(NC(=O)c2ccc(NCc3ccc(F)cc3)nn2)c1C. The van der Waals surface area contributed by atoms with Gasteiger partial charge in [-0.2, -0.15) is 0 Å². The molecule has 26 heavy (non-hydrogen) atoms. The van der Waals surface area contributed by atoms with Crippen molar-refractivity contribution in [3.05, 3.63) is 82.8 Å². The average molecular weight is 350 g/mol. The van der Waals surface area contributed by atoms with E-state index in [1.54, 1.807) is 24.3 Å². The molecule has 6 heteroatoms. The van der Waals surface area contributed by atoms with Gasteiger partial charge in [0.05, 0.1) is 0 Å². The number of aryl methyl sites for hydroxylation is 1. The molecule has 132 valence electrons. The highest BCUT2D eigenvalue weighted by molar-refractivity contribution is 6.03. The maximum absolute atomic E-state index is 12.9. The Bertz CT molecular complexity index is 908. The van der Waals surface area contributed by atoms with Crippen molar-refractivity contribution in [3.8, 4) is 0 Å². The predicted molar refractivity (Wildman–Crippen MR) is 99.6 cm³/mol. The fourth-order valence-corrected chi connectivity index (χ4v) is 2.42. The summed E-state index contributed by atoms with van der Waals surface area (Å²) in [6, 6.07) is 15.2. The van der Waals surface area contributed by atoms with E-state index in [9.17, 15) is 9.18 Å². The molecular weight excluding hydrogens is 331 g/mol. The monoisotopic (exact) mass is 350 g/mol. The summed E-state index contributed by atoms with van der Waals surface area (Å²) in [5, 5.41) is 13.9. The molecule has 1 heterocycles. The summed E-state index contributed by atoms with van der Waals surface area (Å²) in [5.41, 5.74) is 4.04. The van der Waals surface area contributed by atoms with Gasteiger partial charge in [-0.1, -0.05) is 24.3 Å². The van der Waals surface area contributed by atoms with Crippen molar-refractivity contribution in [2.24, 2.45) is 0 Å². The predicted octanol–water partition coefficient (Wildman–Crippen LogP) is 4.10. The first kappa shape index (κ1) is 17.5. The fraction of sp³-hybridized carbons (Fsp3) is 0.150. The summed E-state index contributed by atoms with van der Waals surface area (Å²) in [4.78, 5) is 12.3. The van der Waals surface area contributed by atoms with Gasteiger partial charge in [-0.3, -0.25) is 4.79 Å². The number of carbonyl (C=O) groups is 1. The van der Waals surface area contributed by atoms with E-state index in [-0.39, 0.29) is 17.4 Å². The van der Waals surface area contributed by atoms with Crippen molar-refractivity contribution in [1.29, 1.82) is 0 Å². The molecule has 0 unspecified atom stereocenters. The van der Waals surface area contributed by atoms with Crippen LogP contribution in [0.15, 0.2) is 54.6 Å². The van der Waals surface area contributed by atoms with Crippen molar-refractivity contribution < 1.29 is 9.18 Å². The highest BCUT2D eigenvalue weighted by atomic mass is 19.1. The van der Waals surface area contributed by atoms with Crippen LogP contribution in [0.3, 0.4) is 0 Å². The number of anilines is 2. The highest BCUT2D eigenvalue weighted by Gasteiger charge is 2.10. The van der Waals surface area contributed by atoms with Crippen molar-refractivity contribution in [1.82, 2.24) is 10.2 Å². The normalized spacial score (nSPS) is 10.4. The molecule has 0 spiro atoms. The molecule has 0 aliphatic rings. The zero-order chi connectivity index (χ0) is 18.5. The van der Waals surface area contributed by atoms with E-state index in [2.05, 4.69) is 20.8 Å². The van der Waals surface area contributed by atoms with Gasteiger partial charge in [0.2, 0.25) is 0 Å². The molecule has 0 saturated heterocycles. The lowest BCUT2D eigenvalue weighted by Crippen LogP contribution is -2.15. The highest BCUT2D eigenvalue weighted by Crippen LogP contribution is 2.18. The number of nitrogens with one attached hydrogen (secondary N) is 2. The Balaban J connectivity index is 1.62. The van der Waals surface area contributed by atoms with Crippen LogP contribution in [-0.4, -0.2) is 16.1 Å².